The third kappa shape index (κ3) is 6.22. The van der Waals surface area contributed by atoms with Crippen LogP contribution in [-0.4, -0.2) is 51.5 Å². The van der Waals surface area contributed by atoms with Crippen LogP contribution in [-0.2, 0) is 22.7 Å². The predicted octanol–water partition coefficient (Wildman–Crippen LogP) is 4.66. The van der Waals surface area contributed by atoms with E-state index < -0.39 is 29.2 Å². The molecule has 9 nitrogen and oxygen atoms in total. The number of para-hydroxylation sites is 1. The lowest BCUT2D eigenvalue weighted by Crippen LogP contribution is -2.50. The minimum absolute atomic E-state index is 0.177. The maximum atomic E-state index is 14.9. The first kappa shape index (κ1) is 28.5. The summed E-state index contributed by atoms with van der Waals surface area (Å²) in [6, 6.07) is 17.3. The molecule has 0 aliphatic rings. The molecule has 1 aromatic heterocycles. The van der Waals surface area contributed by atoms with Crippen molar-refractivity contribution < 1.29 is 23.5 Å². The SMILES string of the molecule is CCC(C)(C)NC(=O)C(c1cc(OC)ccc1OC)N(Cc1ccccc1F)C(=O)Cn1nnc2ccccc21. The number of carbonyl (C=O) groups is 2. The maximum absolute atomic E-state index is 14.9. The molecule has 4 aromatic rings. The van der Waals surface area contributed by atoms with Crippen LogP contribution in [0.5, 0.6) is 11.5 Å². The second-order valence-electron chi connectivity index (χ2n) is 10.1. The van der Waals surface area contributed by atoms with E-state index in [2.05, 4.69) is 15.6 Å². The maximum Gasteiger partial charge on any atom is 0.248 e. The highest BCUT2D eigenvalue weighted by atomic mass is 19.1. The molecule has 0 bridgehead atoms. The number of nitrogens with zero attached hydrogens (tertiary/aromatic N) is 4. The number of benzene rings is 3. The summed E-state index contributed by atoms with van der Waals surface area (Å²) < 4.78 is 27.5. The molecule has 1 atom stereocenters. The molecule has 0 radical (unpaired) electrons. The molecule has 0 saturated heterocycles. The van der Waals surface area contributed by atoms with Crippen LogP contribution in [0.15, 0.2) is 66.7 Å². The molecule has 3 aromatic carbocycles. The number of halogens is 1. The fourth-order valence-electron chi connectivity index (χ4n) is 4.38. The molecule has 4 rings (SSSR count). The molecule has 0 aliphatic carbocycles. The summed E-state index contributed by atoms with van der Waals surface area (Å²) in [5.41, 5.74) is 1.38. The zero-order valence-electron chi connectivity index (χ0n) is 23.3. The van der Waals surface area contributed by atoms with Crippen LogP contribution in [0, 0.1) is 5.82 Å². The molecule has 10 heteroatoms. The normalized spacial score (nSPS) is 12.2. The summed E-state index contributed by atoms with van der Waals surface area (Å²) in [4.78, 5) is 29.6. The number of hydrogen-bond acceptors (Lipinski definition) is 6. The van der Waals surface area contributed by atoms with Crippen molar-refractivity contribution in [3.8, 4) is 11.5 Å². The zero-order valence-corrected chi connectivity index (χ0v) is 23.3. The largest absolute Gasteiger partial charge is 0.497 e. The van der Waals surface area contributed by atoms with Crippen molar-refractivity contribution in [2.24, 2.45) is 0 Å². The van der Waals surface area contributed by atoms with Crippen molar-refractivity contribution in [3.05, 3.63) is 83.7 Å². The fourth-order valence-corrected chi connectivity index (χ4v) is 4.38. The van der Waals surface area contributed by atoms with Gasteiger partial charge in [0.05, 0.1) is 19.7 Å². The first-order chi connectivity index (χ1) is 19.2. The molecule has 0 spiro atoms. The number of ether oxygens (including phenoxy) is 2. The molecular weight excluding hydrogens is 513 g/mol. The molecule has 0 aliphatic heterocycles. The number of amides is 2. The van der Waals surface area contributed by atoms with Crippen molar-refractivity contribution in [3.63, 3.8) is 0 Å². The highest BCUT2D eigenvalue weighted by Gasteiger charge is 2.36. The summed E-state index contributed by atoms with van der Waals surface area (Å²) in [5, 5.41) is 11.4. The van der Waals surface area contributed by atoms with Gasteiger partial charge in [-0.3, -0.25) is 9.59 Å². The molecule has 2 amide bonds. The Morgan fingerprint density at radius 1 is 1.05 bits per heavy atom. The van der Waals surface area contributed by atoms with E-state index in [1.54, 1.807) is 42.5 Å². The fraction of sp³-hybridized carbons (Fsp3) is 0.333. The lowest BCUT2D eigenvalue weighted by molar-refractivity contribution is -0.143. The van der Waals surface area contributed by atoms with Crippen molar-refractivity contribution in [2.75, 3.05) is 14.2 Å². The zero-order chi connectivity index (χ0) is 28.9. The Morgan fingerprint density at radius 2 is 1.77 bits per heavy atom. The number of aromatic nitrogens is 3. The molecular formula is C30H34FN5O4. The van der Waals surface area contributed by atoms with Crippen LogP contribution in [0.1, 0.15) is 44.4 Å². The van der Waals surface area contributed by atoms with Gasteiger partial charge in [-0.1, -0.05) is 42.5 Å². The molecule has 210 valence electrons. The van der Waals surface area contributed by atoms with Gasteiger partial charge in [0.25, 0.3) is 0 Å². The van der Waals surface area contributed by atoms with Crippen LogP contribution < -0.4 is 14.8 Å². The van der Waals surface area contributed by atoms with Crippen molar-refractivity contribution in [1.29, 1.82) is 0 Å². The highest BCUT2D eigenvalue weighted by molar-refractivity contribution is 5.90. The summed E-state index contributed by atoms with van der Waals surface area (Å²) in [6.07, 6.45) is 0.646. The van der Waals surface area contributed by atoms with Gasteiger partial charge in [0.1, 0.15) is 35.4 Å². The van der Waals surface area contributed by atoms with E-state index in [1.807, 2.05) is 39.0 Å². The second-order valence-corrected chi connectivity index (χ2v) is 10.1. The van der Waals surface area contributed by atoms with Gasteiger partial charge in [0.2, 0.25) is 11.8 Å². The van der Waals surface area contributed by atoms with E-state index in [0.717, 1.165) is 0 Å². The van der Waals surface area contributed by atoms with Crippen LogP contribution in [0.2, 0.25) is 0 Å². The van der Waals surface area contributed by atoms with Crippen LogP contribution in [0.25, 0.3) is 11.0 Å². The van der Waals surface area contributed by atoms with E-state index >= 15 is 0 Å². The van der Waals surface area contributed by atoms with Crippen molar-refractivity contribution in [1.82, 2.24) is 25.2 Å². The Labute approximate surface area is 232 Å². The third-order valence-corrected chi connectivity index (χ3v) is 6.96. The van der Waals surface area contributed by atoms with Crippen molar-refractivity contribution >= 4 is 22.8 Å². The Bertz CT molecular complexity index is 1500. The number of methoxy groups -OCH3 is 2. The Hall–Kier alpha value is -4.47. The van der Waals surface area contributed by atoms with Crippen LogP contribution >= 0.6 is 0 Å². The summed E-state index contributed by atoms with van der Waals surface area (Å²) in [7, 11) is 3.00. The van der Waals surface area contributed by atoms with Gasteiger partial charge < -0.3 is 19.7 Å². The smallest absolute Gasteiger partial charge is 0.248 e. The lowest BCUT2D eigenvalue weighted by atomic mass is 9.97. The van der Waals surface area contributed by atoms with Crippen LogP contribution in [0.4, 0.5) is 4.39 Å². The second kappa shape index (κ2) is 12.1. The lowest BCUT2D eigenvalue weighted by Gasteiger charge is -2.35. The first-order valence-corrected chi connectivity index (χ1v) is 13.0. The monoisotopic (exact) mass is 547 g/mol. The molecule has 0 saturated carbocycles. The first-order valence-electron chi connectivity index (χ1n) is 13.0. The van der Waals surface area contributed by atoms with E-state index in [0.29, 0.717) is 34.5 Å². The van der Waals surface area contributed by atoms with Gasteiger partial charge >= 0.3 is 0 Å². The summed E-state index contributed by atoms with van der Waals surface area (Å²) in [6.45, 7) is 5.36. The van der Waals surface area contributed by atoms with Gasteiger partial charge in [0.15, 0.2) is 0 Å². The van der Waals surface area contributed by atoms with Gasteiger partial charge in [-0.25, -0.2) is 9.07 Å². The van der Waals surface area contributed by atoms with E-state index in [4.69, 9.17) is 9.47 Å². The number of hydrogen-bond donors (Lipinski definition) is 1. The topological polar surface area (TPSA) is 98.6 Å². The third-order valence-electron chi connectivity index (χ3n) is 6.96. The predicted molar refractivity (Wildman–Crippen MR) is 149 cm³/mol. The minimum Gasteiger partial charge on any atom is -0.497 e. The van der Waals surface area contributed by atoms with E-state index in [-0.39, 0.29) is 18.7 Å². The number of fused-ring (bicyclic) bond motifs is 1. The number of nitrogens with one attached hydrogen (secondary N) is 1. The van der Waals surface area contributed by atoms with Gasteiger partial charge in [-0.15, -0.1) is 5.10 Å². The quantitative estimate of drug-likeness (QED) is 0.293. The van der Waals surface area contributed by atoms with Gasteiger partial charge in [-0.05, 0) is 56.7 Å². The summed E-state index contributed by atoms with van der Waals surface area (Å²) >= 11 is 0. The van der Waals surface area contributed by atoms with Crippen LogP contribution in [0.3, 0.4) is 0 Å². The van der Waals surface area contributed by atoms with E-state index in [9.17, 15) is 14.0 Å². The highest BCUT2D eigenvalue weighted by Crippen LogP contribution is 2.35. The molecule has 40 heavy (non-hydrogen) atoms. The van der Waals surface area contributed by atoms with Gasteiger partial charge in [-0.2, -0.15) is 0 Å². The number of carbonyl (C=O) groups excluding carboxylic acids is 2. The Morgan fingerprint density at radius 3 is 2.48 bits per heavy atom. The molecule has 1 heterocycles. The van der Waals surface area contributed by atoms with E-state index in [1.165, 1.54) is 29.9 Å². The Kier molecular flexibility index (Phi) is 8.67. The van der Waals surface area contributed by atoms with Gasteiger partial charge in [0, 0.05) is 23.2 Å². The summed E-state index contributed by atoms with van der Waals surface area (Å²) in [5.74, 6) is -0.529. The number of rotatable bonds is 11. The molecule has 1 unspecified atom stereocenters. The van der Waals surface area contributed by atoms with Crippen molar-refractivity contribution in [2.45, 2.75) is 51.9 Å². The average molecular weight is 548 g/mol. The average Bonchev–Trinajstić information content (AvgIpc) is 3.36. The minimum atomic E-state index is -1.18. The molecule has 0 fully saturated rings. The Balaban J connectivity index is 1.86. The standard InChI is InChI=1S/C30H34FN5O4/c1-6-30(2,3)32-29(38)28(22-17-21(39-4)15-16-26(22)40-5)35(18-20-11-7-8-12-23(20)31)27(37)19-36-25-14-10-9-13-24(25)33-34-36/h7-17,28H,6,18-19H2,1-5H3,(H,32,38). The molecule has 1 N–H and O–H groups in total.